The van der Waals surface area contributed by atoms with Gasteiger partial charge in [-0.25, -0.2) is 0 Å². The Balaban J connectivity index is 1.33. The summed E-state index contributed by atoms with van der Waals surface area (Å²) in [5, 5.41) is 4.40. The molecule has 2 N–H and O–H groups in total. The number of aromatic nitrogens is 2. The first-order valence-electron chi connectivity index (χ1n) is 10.2. The third kappa shape index (κ3) is 3.35. The van der Waals surface area contributed by atoms with Gasteiger partial charge in [-0.2, -0.15) is 5.10 Å². The number of hydrogen-bond acceptors (Lipinski definition) is 3. The van der Waals surface area contributed by atoms with E-state index >= 15 is 0 Å². The Morgan fingerprint density at radius 2 is 1.88 bits per heavy atom. The van der Waals surface area contributed by atoms with Crippen molar-refractivity contribution >= 4 is 5.91 Å². The van der Waals surface area contributed by atoms with Gasteiger partial charge in [0.15, 0.2) is 0 Å². The number of carbonyl (C=O) groups is 1. The van der Waals surface area contributed by atoms with Crippen LogP contribution in [-0.4, -0.2) is 39.7 Å². The quantitative estimate of drug-likeness (QED) is 0.917. The minimum Gasteiger partial charge on any atom is -0.342 e. The van der Waals surface area contributed by atoms with Crippen LogP contribution in [0.5, 0.6) is 0 Å². The van der Waals surface area contributed by atoms with Gasteiger partial charge < -0.3 is 10.6 Å². The zero-order valence-electron chi connectivity index (χ0n) is 15.4. The number of nitrogens with zero attached hydrogens (tertiary/aromatic N) is 3. The van der Waals surface area contributed by atoms with E-state index in [0.29, 0.717) is 29.7 Å². The summed E-state index contributed by atoms with van der Waals surface area (Å²) in [6.45, 7) is 4.84. The van der Waals surface area contributed by atoms with Crippen LogP contribution < -0.4 is 5.73 Å². The third-order valence-electron chi connectivity index (χ3n) is 7.02. The van der Waals surface area contributed by atoms with Gasteiger partial charge in [-0.1, -0.05) is 6.42 Å². The lowest BCUT2D eigenvalue weighted by atomic mass is 9.65. The molecular weight excluding hydrogens is 312 g/mol. The van der Waals surface area contributed by atoms with Crippen molar-refractivity contribution in [2.75, 3.05) is 13.1 Å². The standard InChI is InChI=1S/C20H32N4O/c1-2-24-13-18(12-22-24)14-6-8-23(9-7-14)20(25)17-10-15-4-3-5-16(11-17)19(15)21/h12-17,19H,2-11,21H2,1H3. The van der Waals surface area contributed by atoms with Crippen LogP contribution in [0.1, 0.15) is 63.4 Å². The molecule has 1 amide bonds. The summed E-state index contributed by atoms with van der Waals surface area (Å²) >= 11 is 0. The van der Waals surface area contributed by atoms with Gasteiger partial charge in [0.2, 0.25) is 5.91 Å². The molecule has 2 heterocycles. The van der Waals surface area contributed by atoms with Crippen LogP contribution >= 0.6 is 0 Å². The molecule has 2 bridgehead atoms. The van der Waals surface area contributed by atoms with Crippen LogP contribution in [0.25, 0.3) is 0 Å². The van der Waals surface area contributed by atoms with Gasteiger partial charge in [-0.15, -0.1) is 0 Å². The van der Waals surface area contributed by atoms with Gasteiger partial charge in [0, 0.05) is 37.8 Å². The fraction of sp³-hybridized carbons (Fsp3) is 0.800. The molecule has 1 aromatic rings. The summed E-state index contributed by atoms with van der Waals surface area (Å²) in [5.74, 6) is 2.36. The predicted molar refractivity (Wildman–Crippen MR) is 98.0 cm³/mol. The first-order valence-corrected chi connectivity index (χ1v) is 10.2. The van der Waals surface area contributed by atoms with E-state index in [1.165, 1.54) is 24.8 Å². The van der Waals surface area contributed by atoms with E-state index in [2.05, 4.69) is 23.1 Å². The Morgan fingerprint density at radius 3 is 2.48 bits per heavy atom. The maximum atomic E-state index is 13.1. The topological polar surface area (TPSA) is 64.2 Å². The molecule has 0 aromatic carbocycles. The minimum absolute atomic E-state index is 0.231. The molecule has 5 heteroatoms. The normalized spacial score (nSPS) is 33.4. The van der Waals surface area contributed by atoms with Crippen LogP contribution in [0.15, 0.2) is 12.4 Å². The first kappa shape index (κ1) is 17.1. The number of fused-ring (bicyclic) bond motifs is 2. The number of aryl methyl sites for hydroxylation is 1. The number of rotatable bonds is 3. The van der Waals surface area contributed by atoms with E-state index in [0.717, 1.165) is 45.3 Å². The van der Waals surface area contributed by atoms with E-state index in [9.17, 15) is 4.79 Å². The van der Waals surface area contributed by atoms with Crippen molar-refractivity contribution < 1.29 is 4.79 Å². The largest absolute Gasteiger partial charge is 0.342 e. The Labute approximate surface area is 150 Å². The second-order valence-electron chi connectivity index (χ2n) is 8.43. The minimum atomic E-state index is 0.231. The molecule has 138 valence electrons. The van der Waals surface area contributed by atoms with Crippen molar-refractivity contribution in [3.05, 3.63) is 18.0 Å². The Morgan fingerprint density at radius 1 is 1.20 bits per heavy atom. The monoisotopic (exact) mass is 344 g/mol. The third-order valence-corrected chi connectivity index (χ3v) is 7.02. The lowest BCUT2D eigenvalue weighted by molar-refractivity contribution is -0.139. The molecule has 2 atom stereocenters. The van der Waals surface area contributed by atoms with Crippen molar-refractivity contribution in [2.24, 2.45) is 23.5 Å². The maximum absolute atomic E-state index is 13.1. The number of amides is 1. The molecule has 5 nitrogen and oxygen atoms in total. The highest BCUT2D eigenvalue weighted by atomic mass is 16.2. The summed E-state index contributed by atoms with van der Waals surface area (Å²) in [7, 11) is 0. The Bertz CT molecular complexity index is 591. The average Bonchev–Trinajstić information content (AvgIpc) is 3.10. The molecule has 0 spiro atoms. The van der Waals surface area contributed by atoms with Crippen LogP contribution in [0.2, 0.25) is 0 Å². The zero-order chi connectivity index (χ0) is 17.4. The Hall–Kier alpha value is -1.36. The molecule has 1 saturated heterocycles. The molecule has 3 aliphatic rings. The molecule has 0 radical (unpaired) electrons. The molecule has 1 aromatic heterocycles. The summed E-state index contributed by atoms with van der Waals surface area (Å²) in [6, 6.07) is 0.346. The SMILES string of the molecule is CCn1cc(C2CCN(C(=O)C3CC4CCCC(C3)C4N)CC2)cn1. The molecule has 3 fully saturated rings. The van der Waals surface area contributed by atoms with E-state index in [-0.39, 0.29) is 5.92 Å². The van der Waals surface area contributed by atoms with Crippen molar-refractivity contribution in [1.29, 1.82) is 0 Å². The van der Waals surface area contributed by atoms with Crippen LogP contribution in [-0.2, 0) is 11.3 Å². The number of likely N-dealkylation sites (tertiary alicyclic amines) is 1. The number of hydrogen-bond donors (Lipinski definition) is 1. The summed E-state index contributed by atoms with van der Waals surface area (Å²) in [6.07, 6.45) is 12.1. The molecule has 2 aliphatic carbocycles. The van der Waals surface area contributed by atoms with Gasteiger partial charge in [-0.3, -0.25) is 9.48 Å². The van der Waals surface area contributed by atoms with Gasteiger partial charge in [-0.05, 0) is 68.8 Å². The fourth-order valence-corrected chi connectivity index (χ4v) is 5.45. The van der Waals surface area contributed by atoms with Gasteiger partial charge >= 0.3 is 0 Å². The molecule has 4 rings (SSSR count). The van der Waals surface area contributed by atoms with E-state index in [1.54, 1.807) is 0 Å². The van der Waals surface area contributed by atoms with Crippen molar-refractivity contribution in [1.82, 2.24) is 14.7 Å². The van der Waals surface area contributed by atoms with Crippen LogP contribution in [0, 0.1) is 17.8 Å². The van der Waals surface area contributed by atoms with Gasteiger partial charge in [0.1, 0.15) is 0 Å². The van der Waals surface area contributed by atoms with Gasteiger partial charge in [0.25, 0.3) is 0 Å². The Kier molecular flexibility index (Phi) is 4.85. The molecule has 1 aliphatic heterocycles. The summed E-state index contributed by atoms with van der Waals surface area (Å²) < 4.78 is 2.00. The second-order valence-corrected chi connectivity index (χ2v) is 8.43. The zero-order valence-corrected chi connectivity index (χ0v) is 15.4. The lowest BCUT2D eigenvalue weighted by Gasteiger charge is -2.45. The van der Waals surface area contributed by atoms with E-state index < -0.39 is 0 Å². The predicted octanol–water partition coefficient (Wildman–Crippen LogP) is 2.76. The van der Waals surface area contributed by atoms with E-state index in [4.69, 9.17) is 5.73 Å². The lowest BCUT2D eigenvalue weighted by Crippen LogP contribution is -2.50. The number of piperidine rings is 1. The number of nitrogens with two attached hydrogens (primary N) is 1. The molecular formula is C20H32N4O. The average molecular weight is 345 g/mol. The van der Waals surface area contributed by atoms with Crippen LogP contribution in [0.4, 0.5) is 0 Å². The van der Waals surface area contributed by atoms with E-state index in [1.807, 2.05) is 10.9 Å². The highest BCUT2D eigenvalue weighted by Gasteiger charge is 2.42. The molecule has 25 heavy (non-hydrogen) atoms. The van der Waals surface area contributed by atoms with Crippen LogP contribution in [0.3, 0.4) is 0 Å². The fourth-order valence-electron chi connectivity index (χ4n) is 5.45. The molecule has 2 unspecified atom stereocenters. The summed E-state index contributed by atoms with van der Waals surface area (Å²) in [4.78, 5) is 15.2. The van der Waals surface area contributed by atoms with Crippen molar-refractivity contribution in [2.45, 2.75) is 70.4 Å². The number of carbonyl (C=O) groups excluding carboxylic acids is 1. The summed E-state index contributed by atoms with van der Waals surface area (Å²) in [5.41, 5.74) is 7.73. The van der Waals surface area contributed by atoms with Crippen molar-refractivity contribution in [3.8, 4) is 0 Å². The first-order chi connectivity index (χ1) is 12.2. The molecule has 2 saturated carbocycles. The highest BCUT2D eigenvalue weighted by molar-refractivity contribution is 5.79. The van der Waals surface area contributed by atoms with Gasteiger partial charge in [0.05, 0.1) is 6.20 Å². The van der Waals surface area contributed by atoms with Crippen molar-refractivity contribution in [3.63, 3.8) is 0 Å². The maximum Gasteiger partial charge on any atom is 0.225 e. The highest BCUT2D eigenvalue weighted by Crippen LogP contribution is 2.42. The second kappa shape index (κ2) is 7.10. The smallest absolute Gasteiger partial charge is 0.225 e.